The van der Waals surface area contributed by atoms with E-state index in [1.54, 1.807) is 6.08 Å². The quantitative estimate of drug-likeness (QED) is 0.0243. The number of phosphoric ester groups is 1. The predicted octanol–water partition coefficient (Wildman–Crippen LogP) is 17.8. The molecule has 3 unspecified atom stereocenters. The average molecular weight is 1010 g/mol. The number of nitrogens with zero attached hydrogens (tertiary/aromatic N) is 1. The highest BCUT2D eigenvalue weighted by molar-refractivity contribution is 7.47. The van der Waals surface area contributed by atoms with Crippen LogP contribution in [0.3, 0.4) is 0 Å². The Balaban J connectivity index is 4.33. The predicted molar refractivity (Wildman–Crippen MR) is 309 cm³/mol. The minimum absolute atomic E-state index is 0.0456. The zero-order valence-corrected chi connectivity index (χ0v) is 47.6. The molecule has 0 bridgehead atoms. The van der Waals surface area contributed by atoms with Gasteiger partial charge < -0.3 is 19.8 Å². The molecule has 0 fully saturated rings. The molecule has 0 aromatic rings. The normalized spacial score (nSPS) is 14.6. The lowest BCUT2D eigenvalue weighted by atomic mass is 10.0. The van der Waals surface area contributed by atoms with Crippen LogP contribution in [0.2, 0.25) is 0 Å². The van der Waals surface area contributed by atoms with Crippen molar-refractivity contribution < 1.29 is 32.9 Å². The van der Waals surface area contributed by atoms with Gasteiger partial charge in [-0.05, 0) is 83.5 Å². The minimum Gasteiger partial charge on any atom is -0.387 e. The van der Waals surface area contributed by atoms with Crippen molar-refractivity contribution in [3.63, 3.8) is 0 Å². The molecule has 71 heavy (non-hydrogen) atoms. The molecule has 3 atom stereocenters. The Morgan fingerprint density at radius 3 is 1.30 bits per heavy atom. The highest BCUT2D eigenvalue weighted by atomic mass is 31.2. The van der Waals surface area contributed by atoms with Crippen molar-refractivity contribution in [1.29, 1.82) is 0 Å². The van der Waals surface area contributed by atoms with Gasteiger partial charge >= 0.3 is 7.82 Å². The molecule has 410 valence electrons. The molecule has 0 saturated carbocycles. The van der Waals surface area contributed by atoms with Crippen molar-refractivity contribution in [2.24, 2.45) is 0 Å². The second kappa shape index (κ2) is 52.3. The summed E-state index contributed by atoms with van der Waals surface area (Å²) in [6, 6.07) is -0.885. The number of carbonyl (C=O) groups is 1. The summed E-state index contributed by atoms with van der Waals surface area (Å²) < 4.78 is 23.7. The summed E-state index contributed by atoms with van der Waals surface area (Å²) >= 11 is 0. The SMILES string of the molecule is CC/C=C\C/C=C\C/C=C\C/C=C\C/C=C\C/C=C\CCCCCCC(=O)NC(COP(=O)(O)OCC[N+](C)(C)C)C(O)/C=C/CC/C=C/CCCCCCCCCCCCCCCCCCCCCC. The molecule has 0 aromatic heterocycles. The number of unbranched alkanes of at least 4 members (excludes halogenated alkanes) is 25. The van der Waals surface area contributed by atoms with Gasteiger partial charge in [0.05, 0.1) is 39.9 Å². The van der Waals surface area contributed by atoms with Gasteiger partial charge in [-0.2, -0.15) is 0 Å². The molecule has 0 aromatic carbocycles. The van der Waals surface area contributed by atoms with Crippen LogP contribution in [0.5, 0.6) is 0 Å². The molecule has 0 aliphatic heterocycles. The maximum absolute atomic E-state index is 13.0. The van der Waals surface area contributed by atoms with E-state index in [0.29, 0.717) is 17.4 Å². The van der Waals surface area contributed by atoms with Gasteiger partial charge in [-0.3, -0.25) is 13.8 Å². The summed E-state index contributed by atoms with van der Waals surface area (Å²) in [5.41, 5.74) is 0. The van der Waals surface area contributed by atoms with Crippen molar-refractivity contribution in [3.8, 4) is 0 Å². The van der Waals surface area contributed by atoms with Crippen LogP contribution in [0.15, 0.2) is 97.2 Å². The third kappa shape index (κ3) is 55.0. The smallest absolute Gasteiger partial charge is 0.387 e. The molecule has 0 aliphatic rings. The summed E-state index contributed by atoms with van der Waals surface area (Å²) in [5.74, 6) is -0.213. The van der Waals surface area contributed by atoms with Gasteiger partial charge in [0.15, 0.2) is 0 Å². The molecular formula is C62H112N2O6P+. The zero-order chi connectivity index (χ0) is 52.0. The van der Waals surface area contributed by atoms with Crippen LogP contribution in [0, 0.1) is 0 Å². The van der Waals surface area contributed by atoms with Gasteiger partial charge in [-0.15, -0.1) is 0 Å². The topological polar surface area (TPSA) is 105 Å². The van der Waals surface area contributed by atoms with Crippen LogP contribution >= 0.6 is 7.82 Å². The van der Waals surface area contributed by atoms with Gasteiger partial charge in [-0.1, -0.05) is 246 Å². The summed E-state index contributed by atoms with van der Waals surface area (Å²) in [6.45, 7) is 4.67. The fourth-order valence-corrected chi connectivity index (χ4v) is 8.74. The van der Waals surface area contributed by atoms with E-state index in [4.69, 9.17) is 9.05 Å². The van der Waals surface area contributed by atoms with Crippen molar-refractivity contribution in [1.82, 2.24) is 5.32 Å². The molecule has 0 aliphatic carbocycles. The van der Waals surface area contributed by atoms with Gasteiger partial charge in [0.1, 0.15) is 13.2 Å². The number of rotatable bonds is 52. The lowest BCUT2D eigenvalue weighted by Gasteiger charge is -2.25. The van der Waals surface area contributed by atoms with Crippen molar-refractivity contribution in [2.45, 2.75) is 251 Å². The number of allylic oxidation sites excluding steroid dienone is 15. The van der Waals surface area contributed by atoms with Crippen LogP contribution in [-0.2, 0) is 18.4 Å². The maximum atomic E-state index is 13.0. The number of aliphatic hydroxyl groups excluding tert-OH is 1. The lowest BCUT2D eigenvalue weighted by molar-refractivity contribution is -0.870. The number of likely N-dealkylation sites (N-methyl/N-ethyl adjacent to an activating group) is 1. The van der Waals surface area contributed by atoms with Crippen LogP contribution in [0.25, 0.3) is 0 Å². The summed E-state index contributed by atoms with van der Waals surface area (Å²) in [6.07, 6.45) is 75.2. The van der Waals surface area contributed by atoms with E-state index in [9.17, 15) is 19.4 Å². The third-order valence-electron chi connectivity index (χ3n) is 12.5. The second-order valence-corrected chi connectivity index (χ2v) is 22.1. The number of phosphoric acid groups is 1. The molecule has 9 heteroatoms. The van der Waals surface area contributed by atoms with Crippen LogP contribution in [-0.4, -0.2) is 73.4 Å². The van der Waals surface area contributed by atoms with Crippen LogP contribution < -0.4 is 5.32 Å². The van der Waals surface area contributed by atoms with Gasteiger partial charge in [0, 0.05) is 6.42 Å². The highest BCUT2D eigenvalue weighted by Crippen LogP contribution is 2.43. The first kappa shape index (κ1) is 68.4. The lowest BCUT2D eigenvalue weighted by Crippen LogP contribution is -2.45. The first-order valence-corrected chi connectivity index (χ1v) is 30.6. The monoisotopic (exact) mass is 1010 g/mol. The number of amides is 1. The molecule has 1 amide bonds. The fourth-order valence-electron chi connectivity index (χ4n) is 8.00. The van der Waals surface area contributed by atoms with E-state index in [2.05, 4.69) is 104 Å². The summed E-state index contributed by atoms with van der Waals surface area (Å²) in [4.78, 5) is 23.3. The number of aliphatic hydroxyl groups is 1. The number of quaternary nitrogens is 1. The first-order chi connectivity index (χ1) is 34.5. The van der Waals surface area contributed by atoms with Crippen LogP contribution in [0.4, 0.5) is 0 Å². The van der Waals surface area contributed by atoms with E-state index in [1.165, 1.54) is 128 Å². The Bertz CT molecular complexity index is 1470. The molecule has 0 saturated heterocycles. The molecule has 0 spiro atoms. The third-order valence-corrected chi connectivity index (χ3v) is 13.5. The summed E-state index contributed by atoms with van der Waals surface area (Å²) in [5, 5.41) is 13.9. The molecule has 0 heterocycles. The van der Waals surface area contributed by atoms with Crippen molar-refractivity contribution in [2.75, 3.05) is 40.9 Å². The molecule has 3 N–H and O–H groups in total. The largest absolute Gasteiger partial charge is 0.472 e. The standard InChI is InChI=1S/C62H111N2O6P/c1-6-8-10-12-14-16-18-20-22-24-26-28-30-31-32-34-35-37-39-41-43-45-47-49-51-53-55-61(65)60(59-70-71(67,68)69-58-57-64(3,4)5)63-62(66)56-54-52-50-48-46-44-42-40-38-36-33-29-27-25-23-21-19-17-15-13-11-9-7-2/h9,11,15,17,21,23,27,29,36,38,42,44-45,47,53,55,60-61,65H,6-8,10,12-14,16,18-20,22,24-26,28,30-35,37,39-41,43,46,48-52,54,56-59H2,1-5H3,(H-,63,66,67,68)/p+1/b11-9-,17-15-,23-21-,29-27-,38-36-,44-42-,47-45+,55-53+. The van der Waals surface area contributed by atoms with E-state index in [1.807, 2.05) is 27.2 Å². The first-order valence-electron chi connectivity index (χ1n) is 29.1. The maximum Gasteiger partial charge on any atom is 0.472 e. The zero-order valence-electron chi connectivity index (χ0n) is 46.7. The Labute approximate surface area is 439 Å². The van der Waals surface area contributed by atoms with Crippen molar-refractivity contribution in [3.05, 3.63) is 97.2 Å². The Kier molecular flexibility index (Phi) is 50.4. The average Bonchev–Trinajstić information content (AvgIpc) is 3.33. The van der Waals surface area contributed by atoms with Crippen LogP contribution in [0.1, 0.15) is 239 Å². The Morgan fingerprint density at radius 1 is 0.493 bits per heavy atom. The second-order valence-electron chi connectivity index (χ2n) is 20.6. The number of hydrogen-bond donors (Lipinski definition) is 3. The Morgan fingerprint density at radius 2 is 0.859 bits per heavy atom. The number of hydrogen-bond acceptors (Lipinski definition) is 5. The number of carbonyl (C=O) groups excluding carboxylic acids is 1. The van der Waals surface area contributed by atoms with E-state index < -0.39 is 20.0 Å². The van der Waals surface area contributed by atoms with Gasteiger partial charge in [0.25, 0.3) is 0 Å². The van der Waals surface area contributed by atoms with Crippen molar-refractivity contribution >= 4 is 13.7 Å². The van der Waals surface area contributed by atoms with E-state index >= 15 is 0 Å². The highest BCUT2D eigenvalue weighted by Gasteiger charge is 2.27. The minimum atomic E-state index is -4.37. The molecule has 8 nitrogen and oxygen atoms in total. The fraction of sp³-hybridized carbons (Fsp3) is 0.726. The van der Waals surface area contributed by atoms with Gasteiger partial charge in [-0.25, -0.2) is 4.57 Å². The molecular weight excluding hydrogens is 900 g/mol. The summed E-state index contributed by atoms with van der Waals surface area (Å²) in [7, 11) is 1.52. The molecule has 0 rings (SSSR count). The van der Waals surface area contributed by atoms with Gasteiger partial charge in [0.2, 0.25) is 5.91 Å². The molecule has 0 radical (unpaired) electrons. The van der Waals surface area contributed by atoms with E-state index in [-0.39, 0.29) is 19.1 Å². The number of nitrogens with one attached hydrogen (secondary N) is 1. The Hall–Kier alpha value is -2.58. The van der Waals surface area contributed by atoms with E-state index in [0.717, 1.165) is 89.9 Å².